The van der Waals surface area contributed by atoms with Crippen molar-refractivity contribution in [1.82, 2.24) is 9.73 Å². The van der Waals surface area contributed by atoms with Crippen molar-refractivity contribution in [1.29, 1.82) is 0 Å². The molecule has 0 bridgehead atoms. The third-order valence-electron chi connectivity index (χ3n) is 6.08. The maximum Gasteiger partial charge on any atom is 0.271 e. The van der Waals surface area contributed by atoms with Gasteiger partial charge in [0.15, 0.2) is 0 Å². The standard InChI is InChI=1S/C31H30N4O4S/c1-23(28-12-9-13-29(20-28)32-24(2)36)33-34-31(37)27-18-16-26(17-19-27)22-35(21-25-10-5-3-6-11-25)40(38,39)30-14-7-4-8-15-30/h3-20H,21-22H2,1-2H3,(H,32,36)(H,34,37)/b33-23+. The highest BCUT2D eigenvalue weighted by Crippen LogP contribution is 2.21. The molecule has 0 aliphatic carbocycles. The molecule has 8 nitrogen and oxygen atoms in total. The van der Waals surface area contributed by atoms with Gasteiger partial charge in [-0.3, -0.25) is 9.59 Å². The second kappa shape index (κ2) is 13.0. The first-order chi connectivity index (χ1) is 19.2. The molecule has 4 aromatic carbocycles. The molecule has 0 spiro atoms. The molecule has 40 heavy (non-hydrogen) atoms. The van der Waals surface area contributed by atoms with Gasteiger partial charge in [0.2, 0.25) is 15.9 Å². The minimum absolute atomic E-state index is 0.135. The van der Waals surface area contributed by atoms with Crippen LogP contribution in [0.2, 0.25) is 0 Å². The summed E-state index contributed by atoms with van der Waals surface area (Å²) in [7, 11) is -3.77. The number of anilines is 1. The van der Waals surface area contributed by atoms with E-state index in [2.05, 4.69) is 15.8 Å². The summed E-state index contributed by atoms with van der Waals surface area (Å²) in [4.78, 5) is 24.3. The normalized spacial score (nSPS) is 11.7. The Balaban J connectivity index is 1.47. The second-order valence-electron chi connectivity index (χ2n) is 9.17. The molecule has 0 saturated carbocycles. The van der Waals surface area contributed by atoms with E-state index < -0.39 is 15.9 Å². The average Bonchev–Trinajstić information content (AvgIpc) is 2.96. The Morgan fingerprint density at radius 1 is 0.725 bits per heavy atom. The van der Waals surface area contributed by atoms with Gasteiger partial charge in [-0.2, -0.15) is 9.41 Å². The topological polar surface area (TPSA) is 108 Å². The molecule has 0 unspecified atom stereocenters. The van der Waals surface area contributed by atoms with Gasteiger partial charge >= 0.3 is 0 Å². The number of amides is 2. The molecule has 2 amide bonds. The number of nitrogens with one attached hydrogen (secondary N) is 2. The summed E-state index contributed by atoms with van der Waals surface area (Å²) in [6.45, 7) is 3.53. The average molecular weight is 555 g/mol. The highest BCUT2D eigenvalue weighted by Gasteiger charge is 2.25. The first-order valence-electron chi connectivity index (χ1n) is 12.6. The van der Waals surface area contributed by atoms with Crippen molar-refractivity contribution >= 4 is 33.2 Å². The van der Waals surface area contributed by atoms with Crippen LogP contribution in [0.25, 0.3) is 0 Å². The lowest BCUT2D eigenvalue weighted by atomic mass is 10.1. The number of hydrogen-bond acceptors (Lipinski definition) is 5. The van der Waals surface area contributed by atoms with Crippen LogP contribution in [0.3, 0.4) is 0 Å². The maximum absolute atomic E-state index is 13.5. The van der Waals surface area contributed by atoms with E-state index in [0.717, 1.165) is 16.7 Å². The summed E-state index contributed by atoms with van der Waals surface area (Å²) in [5.41, 5.74) is 6.50. The van der Waals surface area contributed by atoms with Crippen LogP contribution in [-0.4, -0.2) is 30.2 Å². The summed E-state index contributed by atoms with van der Waals surface area (Å²) >= 11 is 0. The summed E-state index contributed by atoms with van der Waals surface area (Å²) < 4.78 is 28.4. The van der Waals surface area contributed by atoms with Crippen molar-refractivity contribution in [2.75, 3.05) is 5.32 Å². The molecule has 0 aliphatic rings. The van der Waals surface area contributed by atoms with Crippen molar-refractivity contribution in [2.45, 2.75) is 31.8 Å². The summed E-state index contributed by atoms with van der Waals surface area (Å²) in [5.74, 6) is -0.577. The molecule has 4 aromatic rings. The number of rotatable bonds is 10. The van der Waals surface area contributed by atoms with Crippen molar-refractivity contribution in [3.8, 4) is 0 Å². The number of benzene rings is 4. The quantitative estimate of drug-likeness (QED) is 0.208. The molecule has 4 rings (SSSR count). The van der Waals surface area contributed by atoms with E-state index in [1.165, 1.54) is 11.2 Å². The second-order valence-corrected chi connectivity index (χ2v) is 11.1. The summed E-state index contributed by atoms with van der Waals surface area (Å²) in [6.07, 6.45) is 0. The fourth-order valence-corrected chi connectivity index (χ4v) is 5.45. The molecule has 0 aromatic heterocycles. The van der Waals surface area contributed by atoms with E-state index in [4.69, 9.17) is 0 Å². The van der Waals surface area contributed by atoms with E-state index in [1.807, 2.05) is 36.4 Å². The predicted octanol–water partition coefficient (Wildman–Crippen LogP) is 5.19. The van der Waals surface area contributed by atoms with Crippen LogP contribution in [0.4, 0.5) is 5.69 Å². The van der Waals surface area contributed by atoms with Crippen LogP contribution in [0.15, 0.2) is 119 Å². The molecule has 2 N–H and O–H groups in total. The molecule has 0 aliphatic heterocycles. The van der Waals surface area contributed by atoms with E-state index in [9.17, 15) is 18.0 Å². The Bertz CT molecular complexity index is 1600. The molecule has 0 fully saturated rings. The van der Waals surface area contributed by atoms with Gasteiger partial charge < -0.3 is 5.32 Å². The van der Waals surface area contributed by atoms with Gasteiger partial charge in [0.25, 0.3) is 5.91 Å². The van der Waals surface area contributed by atoms with Crippen LogP contribution in [0, 0.1) is 0 Å². The van der Waals surface area contributed by atoms with Gasteiger partial charge in [0.1, 0.15) is 0 Å². The summed E-state index contributed by atoms with van der Waals surface area (Å²) in [6, 6.07) is 31.7. The van der Waals surface area contributed by atoms with E-state index >= 15 is 0 Å². The molecule has 0 radical (unpaired) electrons. The predicted molar refractivity (Wildman–Crippen MR) is 156 cm³/mol. The molecule has 204 valence electrons. The van der Waals surface area contributed by atoms with Crippen molar-refractivity contribution in [3.63, 3.8) is 0 Å². The molecule has 9 heteroatoms. The maximum atomic E-state index is 13.5. The fraction of sp³-hybridized carbons (Fsp3) is 0.129. The third-order valence-corrected chi connectivity index (χ3v) is 7.89. The van der Waals surface area contributed by atoms with Crippen molar-refractivity contribution < 1.29 is 18.0 Å². The number of hydrazone groups is 1. The number of nitrogens with zero attached hydrogens (tertiary/aromatic N) is 2. The Morgan fingerprint density at radius 3 is 1.95 bits per heavy atom. The molecular weight excluding hydrogens is 524 g/mol. The Morgan fingerprint density at radius 2 is 1.32 bits per heavy atom. The van der Waals surface area contributed by atoms with Gasteiger partial charge in [-0.1, -0.05) is 72.8 Å². The van der Waals surface area contributed by atoms with Gasteiger partial charge in [-0.25, -0.2) is 13.8 Å². The van der Waals surface area contributed by atoms with Crippen LogP contribution in [0.1, 0.15) is 40.9 Å². The van der Waals surface area contributed by atoms with Crippen molar-refractivity contribution in [3.05, 3.63) is 131 Å². The number of carbonyl (C=O) groups excluding carboxylic acids is 2. The smallest absolute Gasteiger partial charge is 0.271 e. The van der Waals surface area contributed by atoms with Crippen LogP contribution < -0.4 is 10.7 Å². The lowest BCUT2D eigenvalue weighted by Crippen LogP contribution is -2.30. The molecule has 0 heterocycles. The minimum atomic E-state index is -3.77. The van der Waals surface area contributed by atoms with Crippen LogP contribution in [-0.2, 0) is 27.9 Å². The highest BCUT2D eigenvalue weighted by molar-refractivity contribution is 7.89. The van der Waals surface area contributed by atoms with Gasteiger partial charge in [-0.05, 0) is 60.0 Å². The number of carbonyl (C=O) groups is 2. The number of sulfonamides is 1. The number of hydrogen-bond donors (Lipinski definition) is 2. The Hall–Kier alpha value is -4.60. The first kappa shape index (κ1) is 28.4. The molecule has 0 saturated heterocycles. The van der Waals surface area contributed by atoms with Crippen LogP contribution >= 0.6 is 0 Å². The van der Waals surface area contributed by atoms with Gasteiger partial charge in [0.05, 0.1) is 10.6 Å². The summed E-state index contributed by atoms with van der Waals surface area (Å²) in [5, 5.41) is 6.91. The van der Waals surface area contributed by atoms with Crippen molar-refractivity contribution in [2.24, 2.45) is 5.10 Å². The zero-order chi connectivity index (χ0) is 28.5. The van der Waals surface area contributed by atoms with Gasteiger partial charge in [-0.15, -0.1) is 0 Å². The Kier molecular flexibility index (Phi) is 9.21. The molecule has 0 atom stereocenters. The largest absolute Gasteiger partial charge is 0.326 e. The SMILES string of the molecule is CC(=O)Nc1cccc(/C(C)=N/NC(=O)c2ccc(CN(Cc3ccccc3)S(=O)(=O)c3ccccc3)cc2)c1. The highest BCUT2D eigenvalue weighted by atomic mass is 32.2. The zero-order valence-corrected chi connectivity index (χ0v) is 23.1. The van der Waals surface area contributed by atoms with E-state index in [-0.39, 0.29) is 23.9 Å². The third kappa shape index (κ3) is 7.49. The fourth-order valence-electron chi connectivity index (χ4n) is 4.01. The lowest BCUT2D eigenvalue weighted by Gasteiger charge is -2.22. The minimum Gasteiger partial charge on any atom is -0.326 e. The zero-order valence-electron chi connectivity index (χ0n) is 22.2. The monoisotopic (exact) mass is 554 g/mol. The molecular formula is C31H30N4O4S. The van der Waals surface area contributed by atoms with E-state index in [1.54, 1.807) is 79.7 Å². The lowest BCUT2D eigenvalue weighted by molar-refractivity contribution is -0.114. The van der Waals surface area contributed by atoms with Crippen LogP contribution in [0.5, 0.6) is 0 Å². The Labute approximate surface area is 234 Å². The first-order valence-corrected chi connectivity index (χ1v) is 14.1. The van der Waals surface area contributed by atoms with E-state index in [0.29, 0.717) is 17.0 Å². The van der Waals surface area contributed by atoms with Gasteiger partial charge in [0, 0.05) is 31.3 Å².